The van der Waals surface area contributed by atoms with Gasteiger partial charge in [0.05, 0.1) is 11.5 Å². The van der Waals surface area contributed by atoms with Gasteiger partial charge in [0.2, 0.25) is 0 Å². The highest BCUT2D eigenvalue weighted by Gasteiger charge is 2.70. The molecule has 0 radical (unpaired) electrons. The average Bonchev–Trinajstić information content (AvgIpc) is 2.76. The Morgan fingerprint density at radius 3 is 2.23 bits per heavy atom. The molecule has 0 heterocycles. The largest absolute Gasteiger partial charge is 0.481 e. The molecular weight excluding hydrogens is 436 g/mol. The van der Waals surface area contributed by atoms with Crippen molar-refractivity contribution < 1.29 is 20.1 Å². The molecule has 0 spiro atoms. The van der Waals surface area contributed by atoms with Crippen molar-refractivity contribution in [1.29, 1.82) is 0 Å². The number of rotatable bonds is 2. The van der Waals surface area contributed by atoms with Crippen LogP contribution in [0.4, 0.5) is 0 Å². The van der Waals surface area contributed by atoms with Crippen LogP contribution in [0.15, 0.2) is 11.6 Å². The van der Waals surface area contributed by atoms with Gasteiger partial charge in [0.25, 0.3) is 0 Å². The van der Waals surface area contributed by atoms with Crippen molar-refractivity contribution in [1.82, 2.24) is 0 Å². The van der Waals surface area contributed by atoms with Gasteiger partial charge in [0.1, 0.15) is 0 Å². The number of hydrogen-bond acceptors (Lipinski definition) is 3. The van der Waals surface area contributed by atoms with Crippen LogP contribution >= 0.6 is 0 Å². The molecule has 9 atom stereocenters. The van der Waals surface area contributed by atoms with Crippen LogP contribution in [0.25, 0.3) is 0 Å². The second-order valence-corrected chi connectivity index (χ2v) is 15.6. The molecule has 0 aromatic heterocycles. The Bertz CT molecular complexity index is 934. The molecule has 4 nitrogen and oxygen atoms in total. The van der Waals surface area contributed by atoms with Gasteiger partial charge in [-0.05, 0) is 103 Å². The van der Waals surface area contributed by atoms with Crippen molar-refractivity contribution >= 4 is 5.97 Å². The molecule has 3 unspecified atom stereocenters. The van der Waals surface area contributed by atoms with Gasteiger partial charge in [-0.15, -0.1) is 0 Å². The average molecular weight is 487 g/mol. The maximum absolute atomic E-state index is 12.8. The summed E-state index contributed by atoms with van der Waals surface area (Å²) in [5, 5.41) is 31.9. The minimum absolute atomic E-state index is 0.00977. The summed E-state index contributed by atoms with van der Waals surface area (Å²) < 4.78 is 0. The van der Waals surface area contributed by atoms with Crippen LogP contribution in [0, 0.1) is 56.2 Å². The van der Waals surface area contributed by atoms with Crippen molar-refractivity contribution in [2.24, 2.45) is 56.2 Å². The summed E-state index contributed by atoms with van der Waals surface area (Å²) in [4.78, 5) is 12.8. The lowest BCUT2D eigenvalue weighted by atomic mass is 9.33. The molecule has 5 aliphatic carbocycles. The highest BCUT2D eigenvalue weighted by molar-refractivity contribution is 5.76. The molecule has 198 valence electrons. The quantitative estimate of drug-likeness (QED) is 0.392. The van der Waals surface area contributed by atoms with E-state index in [-0.39, 0.29) is 45.5 Å². The van der Waals surface area contributed by atoms with Crippen molar-refractivity contribution in [2.75, 3.05) is 6.61 Å². The summed E-state index contributed by atoms with van der Waals surface area (Å²) in [5.41, 5.74) is 1.01. The third kappa shape index (κ3) is 3.14. The van der Waals surface area contributed by atoms with E-state index >= 15 is 0 Å². The van der Waals surface area contributed by atoms with Gasteiger partial charge in [0, 0.05) is 12.5 Å². The Morgan fingerprint density at radius 1 is 0.943 bits per heavy atom. The fraction of sp³-hybridized carbons (Fsp3) is 0.903. The topological polar surface area (TPSA) is 77.8 Å². The summed E-state index contributed by atoms with van der Waals surface area (Å²) in [5.74, 6) is 0.409. The van der Waals surface area contributed by atoms with Crippen LogP contribution in [0.2, 0.25) is 0 Å². The SMILES string of the molecule is CC1(C)CC[C@]2(C(=O)O)CC[C@]3(C)C(=CCC4[C@@]5(C)C[C@H](CO)[C@H](O)C(C)(C)C5CC[C@]43C)C2C1. The van der Waals surface area contributed by atoms with E-state index in [1.165, 1.54) is 5.57 Å². The van der Waals surface area contributed by atoms with E-state index in [2.05, 4.69) is 54.5 Å². The fourth-order valence-electron chi connectivity index (χ4n) is 11.2. The Morgan fingerprint density at radius 2 is 1.60 bits per heavy atom. The lowest BCUT2D eigenvalue weighted by Crippen LogP contribution is -2.66. The molecule has 0 aromatic carbocycles. The summed E-state index contributed by atoms with van der Waals surface area (Å²) in [7, 11) is 0. The van der Waals surface area contributed by atoms with Gasteiger partial charge in [-0.1, -0.05) is 60.1 Å². The molecule has 4 saturated carbocycles. The van der Waals surface area contributed by atoms with Crippen molar-refractivity contribution in [3.63, 3.8) is 0 Å². The van der Waals surface area contributed by atoms with E-state index in [9.17, 15) is 20.1 Å². The molecule has 4 heteroatoms. The highest BCUT2D eigenvalue weighted by atomic mass is 16.4. The van der Waals surface area contributed by atoms with Gasteiger partial charge in [0.15, 0.2) is 0 Å². The number of carboxylic acid groups (broad SMARTS) is 1. The van der Waals surface area contributed by atoms with E-state index in [0.717, 1.165) is 57.8 Å². The maximum Gasteiger partial charge on any atom is 0.310 e. The van der Waals surface area contributed by atoms with Gasteiger partial charge in [-0.2, -0.15) is 0 Å². The highest BCUT2D eigenvalue weighted by Crippen LogP contribution is 2.76. The van der Waals surface area contributed by atoms with Crippen molar-refractivity contribution in [3.8, 4) is 0 Å². The summed E-state index contributed by atoms with van der Waals surface area (Å²) in [6.07, 6.45) is 10.7. The van der Waals surface area contributed by atoms with Crippen LogP contribution in [-0.2, 0) is 4.79 Å². The Labute approximate surface area is 213 Å². The summed E-state index contributed by atoms with van der Waals surface area (Å²) in [6.45, 7) is 16.6. The number of aliphatic carboxylic acids is 1. The zero-order chi connectivity index (χ0) is 25.8. The molecule has 0 saturated heterocycles. The minimum Gasteiger partial charge on any atom is -0.481 e. The first-order valence-electron chi connectivity index (χ1n) is 14.3. The number of fused-ring (bicyclic) bond motifs is 7. The number of aliphatic hydroxyl groups is 2. The second-order valence-electron chi connectivity index (χ2n) is 15.6. The monoisotopic (exact) mass is 486 g/mol. The van der Waals surface area contributed by atoms with Gasteiger partial charge < -0.3 is 15.3 Å². The van der Waals surface area contributed by atoms with E-state index in [1.54, 1.807) is 0 Å². The predicted molar refractivity (Wildman–Crippen MR) is 139 cm³/mol. The molecule has 0 aliphatic heterocycles. The first-order valence-corrected chi connectivity index (χ1v) is 14.3. The molecule has 5 aliphatic rings. The molecule has 0 aromatic rings. The Balaban J connectivity index is 1.61. The number of carbonyl (C=O) groups is 1. The number of allylic oxidation sites excluding steroid dienone is 2. The van der Waals surface area contributed by atoms with Crippen molar-refractivity contribution in [2.45, 2.75) is 112 Å². The van der Waals surface area contributed by atoms with Crippen LogP contribution in [0.1, 0.15) is 106 Å². The standard InChI is InChI=1S/C31H50O4/c1-26(2)12-14-31(25(34)35)15-13-29(6)20(21(31)17-26)8-9-23-28(5)16-19(18-32)24(33)27(3,4)22(28)10-11-30(23,29)7/h8,19,21-24,32-33H,9-18H2,1-7H3,(H,34,35)/t19-,21?,22?,23?,24+,28+,29-,30-,31+/m1/s1. The van der Waals surface area contributed by atoms with E-state index in [1.807, 2.05) is 0 Å². The fourth-order valence-corrected chi connectivity index (χ4v) is 11.2. The Kier molecular flexibility index (Phi) is 5.59. The zero-order valence-corrected chi connectivity index (χ0v) is 23.3. The molecule has 35 heavy (non-hydrogen) atoms. The van der Waals surface area contributed by atoms with Crippen LogP contribution < -0.4 is 0 Å². The van der Waals surface area contributed by atoms with Crippen LogP contribution in [0.3, 0.4) is 0 Å². The number of hydrogen-bond donors (Lipinski definition) is 3. The first kappa shape index (κ1) is 25.8. The zero-order valence-electron chi connectivity index (χ0n) is 23.3. The van der Waals surface area contributed by atoms with E-state index in [0.29, 0.717) is 11.8 Å². The molecule has 3 N–H and O–H groups in total. The second kappa shape index (κ2) is 7.59. The summed E-state index contributed by atoms with van der Waals surface area (Å²) >= 11 is 0. The molecule has 4 fully saturated rings. The lowest BCUT2D eigenvalue weighted by Gasteiger charge is -2.71. The van der Waals surface area contributed by atoms with E-state index < -0.39 is 17.5 Å². The maximum atomic E-state index is 12.8. The molecule has 0 bridgehead atoms. The normalized spacial score (nSPS) is 52.3. The molecule has 5 rings (SSSR count). The van der Waals surface area contributed by atoms with Gasteiger partial charge >= 0.3 is 5.97 Å². The smallest absolute Gasteiger partial charge is 0.310 e. The number of aliphatic hydroxyl groups excluding tert-OH is 2. The predicted octanol–water partition coefficient (Wildman–Crippen LogP) is 6.45. The summed E-state index contributed by atoms with van der Waals surface area (Å²) in [6, 6.07) is 0. The lowest BCUT2D eigenvalue weighted by molar-refractivity contribution is -0.223. The third-order valence-corrected chi connectivity index (χ3v) is 13.4. The van der Waals surface area contributed by atoms with Crippen molar-refractivity contribution in [3.05, 3.63) is 11.6 Å². The Hall–Kier alpha value is -0.870. The first-order chi connectivity index (χ1) is 16.1. The van der Waals surface area contributed by atoms with Gasteiger partial charge in [-0.3, -0.25) is 4.79 Å². The van der Waals surface area contributed by atoms with Gasteiger partial charge in [-0.25, -0.2) is 0 Å². The molecule has 0 amide bonds. The third-order valence-electron chi connectivity index (χ3n) is 13.4. The van der Waals surface area contributed by atoms with E-state index in [4.69, 9.17) is 0 Å². The van der Waals surface area contributed by atoms with Crippen LogP contribution in [0.5, 0.6) is 0 Å². The molecular formula is C31H50O4. The number of carboxylic acids is 1. The minimum atomic E-state index is -0.593. The van der Waals surface area contributed by atoms with Crippen LogP contribution in [-0.4, -0.2) is 34.0 Å².